The molecule has 1 rings (SSSR count). The zero-order valence-electron chi connectivity index (χ0n) is 8.04. The number of methoxy groups -OCH3 is 2. The summed E-state index contributed by atoms with van der Waals surface area (Å²) in [5.74, 6) is -0.416. The lowest BCUT2D eigenvalue weighted by atomic mass is 10.1. The van der Waals surface area contributed by atoms with Gasteiger partial charge in [-0.15, -0.1) is 0 Å². The molecule has 0 radical (unpaired) electrons. The van der Waals surface area contributed by atoms with Crippen LogP contribution in [0.1, 0.15) is 5.56 Å². The molecule has 0 aliphatic rings. The molecule has 0 atom stereocenters. The Morgan fingerprint density at radius 2 is 2.14 bits per heavy atom. The first-order chi connectivity index (χ1) is 6.67. The van der Waals surface area contributed by atoms with E-state index in [0.717, 1.165) is 0 Å². The van der Waals surface area contributed by atoms with Gasteiger partial charge in [-0.1, -0.05) is 6.07 Å². The van der Waals surface area contributed by atoms with E-state index in [4.69, 9.17) is 4.74 Å². The molecule has 1 aromatic rings. The molecule has 0 N–H and O–H groups in total. The maximum Gasteiger partial charge on any atom is 0.310 e. The SMILES string of the molecule is COC(=O)Cc1ccc(F)cc1OC. The molecule has 14 heavy (non-hydrogen) atoms. The van der Waals surface area contributed by atoms with Crippen molar-refractivity contribution in [1.82, 2.24) is 0 Å². The maximum absolute atomic E-state index is 12.8. The van der Waals surface area contributed by atoms with Gasteiger partial charge in [0.05, 0.1) is 20.6 Å². The van der Waals surface area contributed by atoms with E-state index in [-0.39, 0.29) is 12.4 Å². The summed E-state index contributed by atoms with van der Waals surface area (Å²) in [6.45, 7) is 0. The highest BCUT2D eigenvalue weighted by Gasteiger charge is 2.09. The van der Waals surface area contributed by atoms with Crippen molar-refractivity contribution in [1.29, 1.82) is 0 Å². The average molecular weight is 198 g/mol. The van der Waals surface area contributed by atoms with Gasteiger partial charge in [0.25, 0.3) is 0 Å². The molecule has 4 heteroatoms. The van der Waals surface area contributed by atoms with Gasteiger partial charge < -0.3 is 9.47 Å². The minimum atomic E-state index is -0.393. The Morgan fingerprint density at radius 3 is 2.71 bits per heavy atom. The minimum absolute atomic E-state index is 0.0833. The van der Waals surface area contributed by atoms with Crippen molar-refractivity contribution in [2.75, 3.05) is 14.2 Å². The third-order valence-corrected chi connectivity index (χ3v) is 1.81. The molecule has 0 bridgehead atoms. The molecule has 0 amide bonds. The second-order valence-corrected chi connectivity index (χ2v) is 2.71. The summed E-state index contributed by atoms with van der Waals surface area (Å²) in [5.41, 5.74) is 0.612. The van der Waals surface area contributed by atoms with Crippen LogP contribution in [-0.2, 0) is 16.0 Å². The van der Waals surface area contributed by atoms with E-state index >= 15 is 0 Å². The van der Waals surface area contributed by atoms with Gasteiger partial charge in [-0.3, -0.25) is 4.79 Å². The summed E-state index contributed by atoms with van der Waals surface area (Å²) in [5, 5.41) is 0. The van der Waals surface area contributed by atoms with Gasteiger partial charge in [-0.25, -0.2) is 4.39 Å². The van der Waals surface area contributed by atoms with Crippen LogP contribution < -0.4 is 4.74 Å². The summed E-state index contributed by atoms with van der Waals surface area (Å²) in [6, 6.07) is 4.02. The molecule has 1 aromatic carbocycles. The molecule has 0 saturated carbocycles. The Hall–Kier alpha value is -1.58. The molecule has 3 nitrogen and oxygen atoms in total. The van der Waals surface area contributed by atoms with Crippen LogP contribution in [0.25, 0.3) is 0 Å². The van der Waals surface area contributed by atoms with Crippen molar-refractivity contribution >= 4 is 5.97 Å². The molecular formula is C10H11FO3. The van der Waals surface area contributed by atoms with Crippen LogP contribution in [0.4, 0.5) is 4.39 Å². The van der Waals surface area contributed by atoms with Gasteiger partial charge >= 0.3 is 5.97 Å². The highest BCUT2D eigenvalue weighted by Crippen LogP contribution is 2.20. The Morgan fingerprint density at radius 1 is 1.43 bits per heavy atom. The summed E-state index contributed by atoms with van der Waals surface area (Å²) < 4.78 is 22.2. The summed E-state index contributed by atoms with van der Waals surface area (Å²) in [4.78, 5) is 11.0. The minimum Gasteiger partial charge on any atom is -0.496 e. The van der Waals surface area contributed by atoms with E-state index in [2.05, 4.69) is 4.74 Å². The Bertz CT molecular complexity index is 336. The lowest BCUT2D eigenvalue weighted by molar-refractivity contribution is -0.139. The number of benzene rings is 1. The lowest BCUT2D eigenvalue weighted by Crippen LogP contribution is -2.05. The molecule has 0 unspecified atom stereocenters. The van der Waals surface area contributed by atoms with Gasteiger partial charge in [0.1, 0.15) is 11.6 Å². The van der Waals surface area contributed by atoms with E-state index in [1.165, 1.54) is 32.4 Å². The summed E-state index contributed by atoms with van der Waals surface area (Å²) in [6.07, 6.45) is 0.0833. The molecule has 0 aliphatic heterocycles. The molecule has 0 aliphatic carbocycles. The van der Waals surface area contributed by atoms with Crippen molar-refractivity contribution in [2.45, 2.75) is 6.42 Å². The van der Waals surface area contributed by atoms with Crippen molar-refractivity contribution in [3.8, 4) is 5.75 Å². The molecule has 76 valence electrons. The molecule has 0 saturated heterocycles. The summed E-state index contributed by atoms with van der Waals surface area (Å²) in [7, 11) is 2.73. The van der Waals surface area contributed by atoms with Crippen LogP contribution in [0.15, 0.2) is 18.2 Å². The fraction of sp³-hybridized carbons (Fsp3) is 0.300. The number of carbonyl (C=O) groups excluding carboxylic acids is 1. The maximum atomic E-state index is 12.8. The van der Waals surface area contributed by atoms with Crippen molar-refractivity contribution in [3.63, 3.8) is 0 Å². The van der Waals surface area contributed by atoms with Crippen molar-refractivity contribution in [2.24, 2.45) is 0 Å². The molecule has 0 aromatic heterocycles. The Labute approximate surface area is 81.4 Å². The highest BCUT2D eigenvalue weighted by molar-refractivity contribution is 5.73. The lowest BCUT2D eigenvalue weighted by Gasteiger charge is -2.06. The van der Waals surface area contributed by atoms with Crippen molar-refractivity contribution < 1.29 is 18.7 Å². The number of hydrogen-bond donors (Lipinski definition) is 0. The van der Waals surface area contributed by atoms with Gasteiger partial charge in [-0.05, 0) is 6.07 Å². The molecule has 0 spiro atoms. The Kier molecular flexibility index (Phi) is 3.45. The average Bonchev–Trinajstić information content (AvgIpc) is 2.20. The predicted molar refractivity (Wildman–Crippen MR) is 48.7 cm³/mol. The highest BCUT2D eigenvalue weighted by atomic mass is 19.1. The van der Waals surface area contributed by atoms with Crippen LogP contribution in [0.2, 0.25) is 0 Å². The monoisotopic (exact) mass is 198 g/mol. The van der Waals surface area contributed by atoms with Gasteiger partial charge in [0.2, 0.25) is 0 Å². The third kappa shape index (κ3) is 2.45. The number of halogens is 1. The third-order valence-electron chi connectivity index (χ3n) is 1.81. The van der Waals surface area contributed by atoms with Crippen LogP contribution in [0.3, 0.4) is 0 Å². The van der Waals surface area contributed by atoms with Crippen LogP contribution in [-0.4, -0.2) is 20.2 Å². The number of esters is 1. The normalized spacial score (nSPS) is 9.64. The second-order valence-electron chi connectivity index (χ2n) is 2.71. The van der Waals surface area contributed by atoms with E-state index < -0.39 is 5.82 Å². The first-order valence-corrected chi connectivity index (χ1v) is 4.06. The number of carbonyl (C=O) groups is 1. The zero-order chi connectivity index (χ0) is 10.6. The van der Waals surface area contributed by atoms with E-state index in [1.807, 2.05) is 0 Å². The van der Waals surface area contributed by atoms with Crippen LogP contribution >= 0.6 is 0 Å². The van der Waals surface area contributed by atoms with Gasteiger partial charge in [0, 0.05) is 11.6 Å². The van der Waals surface area contributed by atoms with E-state index in [1.54, 1.807) is 0 Å². The van der Waals surface area contributed by atoms with Gasteiger partial charge in [0.15, 0.2) is 0 Å². The fourth-order valence-electron chi connectivity index (χ4n) is 1.09. The number of rotatable bonds is 3. The first-order valence-electron chi connectivity index (χ1n) is 4.06. The predicted octanol–water partition coefficient (Wildman–Crippen LogP) is 1.55. The smallest absolute Gasteiger partial charge is 0.310 e. The number of ether oxygens (including phenoxy) is 2. The van der Waals surface area contributed by atoms with E-state index in [0.29, 0.717) is 11.3 Å². The quantitative estimate of drug-likeness (QED) is 0.691. The Balaban J connectivity index is 2.90. The standard InChI is InChI=1S/C10H11FO3/c1-13-9-6-8(11)4-3-7(9)5-10(12)14-2/h3-4,6H,5H2,1-2H3. The first kappa shape index (κ1) is 10.5. The zero-order valence-corrected chi connectivity index (χ0v) is 8.04. The topological polar surface area (TPSA) is 35.5 Å². The second kappa shape index (κ2) is 4.60. The summed E-state index contributed by atoms with van der Waals surface area (Å²) >= 11 is 0. The van der Waals surface area contributed by atoms with Crippen LogP contribution in [0.5, 0.6) is 5.75 Å². The van der Waals surface area contributed by atoms with Crippen LogP contribution in [0, 0.1) is 5.82 Å². The van der Waals surface area contributed by atoms with Crippen molar-refractivity contribution in [3.05, 3.63) is 29.6 Å². The fourth-order valence-corrected chi connectivity index (χ4v) is 1.09. The molecular weight excluding hydrogens is 187 g/mol. The molecule has 0 fully saturated rings. The largest absolute Gasteiger partial charge is 0.496 e. The van der Waals surface area contributed by atoms with E-state index in [9.17, 15) is 9.18 Å². The van der Waals surface area contributed by atoms with Gasteiger partial charge in [-0.2, -0.15) is 0 Å². The molecule has 0 heterocycles. The number of hydrogen-bond acceptors (Lipinski definition) is 3.